The normalized spacial score (nSPS) is 9.94. The van der Waals surface area contributed by atoms with Gasteiger partial charge in [0.1, 0.15) is 11.5 Å². The zero-order chi connectivity index (χ0) is 13.0. The summed E-state index contributed by atoms with van der Waals surface area (Å²) < 4.78 is 23.3. The largest absolute Gasteiger partial charge is 0.497 e. The first kappa shape index (κ1) is 12.2. The molecule has 5 heteroatoms. The first-order valence-corrected chi connectivity index (χ1v) is 5.33. The molecule has 94 valence electrons. The molecule has 2 aromatic rings. The second-order valence-electron chi connectivity index (χ2n) is 3.59. The summed E-state index contributed by atoms with van der Waals surface area (Å²) in [6, 6.07) is 8.33. The first-order valence-electron chi connectivity index (χ1n) is 5.33. The number of nitrogens with zero attached hydrogens (tertiary/aromatic N) is 1. The molecule has 0 fully saturated rings. The third-order valence-corrected chi connectivity index (χ3v) is 2.37. The molecular weight excluding hydrogens is 235 g/mol. The van der Waals surface area contributed by atoms with Crippen molar-refractivity contribution in [2.45, 2.75) is 0 Å². The molecule has 0 bridgehead atoms. The standard InChI is InChI=1S/C13H13FN2O2/c1-17-11-5-10(6-12(8-11)18-2)16-9-3-4-15-13(14)7-9/h3-8H,1-2H3,(H,15,16). The quantitative estimate of drug-likeness (QED) is 0.845. The molecule has 0 saturated carbocycles. The van der Waals surface area contributed by atoms with Crippen LogP contribution in [0.2, 0.25) is 0 Å². The Morgan fingerprint density at radius 3 is 2.22 bits per heavy atom. The highest BCUT2D eigenvalue weighted by molar-refractivity contribution is 5.63. The maximum absolute atomic E-state index is 13.0. The van der Waals surface area contributed by atoms with E-state index >= 15 is 0 Å². The highest BCUT2D eigenvalue weighted by Gasteiger charge is 2.03. The number of rotatable bonds is 4. The molecule has 1 aromatic heterocycles. The summed E-state index contributed by atoms with van der Waals surface area (Å²) in [5, 5.41) is 3.05. The van der Waals surface area contributed by atoms with Crippen molar-refractivity contribution in [3.8, 4) is 11.5 Å². The van der Waals surface area contributed by atoms with Crippen molar-refractivity contribution >= 4 is 11.4 Å². The third-order valence-electron chi connectivity index (χ3n) is 2.37. The van der Waals surface area contributed by atoms with Gasteiger partial charge in [0.05, 0.1) is 14.2 Å². The minimum absolute atomic E-state index is 0.533. The van der Waals surface area contributed by atoms with Gasteiger partial charge < -0.3 is 14.8 Å². The number of ether oxygens (including phenoxy) is 2. The molecule has 2 rings (SSSR count). The van der Waals surface area contributed by atoms with Crippen LogP contribution in [0.25, 0.3) is 0 Å². The molecule has 1 N–H and O–H groups in total. The summed E-state index contributed by atoms with van der Waals surface area (Å²) in [4.78, 5) is 3.49. The van der Waals surface area contributed by atoms with Crippen molar-refractivity contribution in [2.75, 3.05) is 19.5 Å². The summed E-state index contributed by atoms with van der Waals surface area (Å²) in [7, 11) is 3.15. The number of pyridine rings is 1. The Labute approximate surface area is 104 Å². The number of methoxy groups -OCH3 is 2. The third kappa shape index (κ3) is 2.88. The molecule has 0 unspecified atom stereocenters. The van der Waals surface area contributed by atoms with Gasteiger partial charge in [0.2, 0.25) is 5.95 Å². The van der Waals surface area contributed by atoms with Gasteiger partial charge in [-0.05, 0) is 6.07 Å². The minimum atomic E-state index is -0.533. The lowest BCUT2D eigenvalue weighted by molar-refractivity contribution is 0.395. The Hall–Kier alpha value is -2.30. The Morgan fingerprint density at radius 2 is 1.67 bits per heavy atom. The molecule has 18 heavy (non-hydrogen) atoms. The van der Waals surface area contributed by atoms with Crippen LogP contribution in [0.4, 0.5) is 15.8 Å². The maximum Gasteiger partial charge on any atom is 0.214 e. The lowest BCUT2D eigenvalue weighted by Crippen LogP contribution is -1.94. The van der Waals surface area contributed by atoms with Gasteiger partial charge in [0, 0.05) is 41.8 Å². The van der Waals surface area contributed by atoms with Gasteiger partial charge in [0.15, 0.2) is 0 Å². The second-order valence-corrected chi connectivity index (χ2v) is 3.59. The highest BCUT2D eigenvalue weighted by Crippen LogP contribution is 2.27. The average molecular weight is 248 g/mol. The van der Waals surface area contributed by atoms with E-state index in [1.807, 2.05) is 0 Å². The summed E-state index contributed by atoms with van der Waals surface area (Å²) in [5.41, 5.74) is 1.36. The van der Waals surface area contributed by atoms with E-state index in [2.05, 4.69) is 10.3 Å². The molecule has 0 amide bonds. The molecular formula is C13H13FN2O2. The van der Waals surface area contributed by atoms with Crippen molar-refractivity contribution in [1.82, 2.24) is 4.98 Å². The van der Waals surface area contributed by atoms with Crippen LogP contribution in [0.1, 0.15) is 0 Å². The molecule has 0 saturated heterocycles. The minimum Gasteiger partial charge on any atom is -0.497 e. The fourth-order valence-electron chi connectivity index (χ4n) is 1.53. The molecule has 4 nitrogen and oxygen atoms in total. The number of nitrogens with one attached hydrogen (secondary N) is 1. The van der Waals surface area contributed by atoms with Gasteiger partial charge in [-0.1, -0.05) is 0 Å². The first-order chi connectivity index (χ1) is 8.71. The SMILES string of the molecule is COc1cc(Nc2ccnc(F)c2)cc(OC)c1. The predicted molar refractivity (Wildman–Crippen MR) is 67.0 cm³/mol. The van der Waals surface area contributed by atoms with E-state index in [9.17, 15) is 4.39 Å². The number of hydrogen-bond acceptors (Lipinski definition) is 4. The van der Waals surface area contributed by atoms with Crippen LogP contribution >= 0.6 is 0 Å². The summed E-state index contributed by atoms with van der Waals surface area (Å²) >= 11 is 0. The number of anilines is 2. The van der Waals surface area contributed by atoms with Crippen molar-refractivity contribution in [3.05, 3.63) is 42.5 Å². The average Bonchev–Trinajstić information content (AvgIpc) is 2.38. The van der Waals surface area contributed by atoms with Gasteiger partial charge in [-0.15, -0.1) is 0 Å². The Morgan fingerprint density at radius 1 is 1.00 bits per heavy atom. The van der Waals surface area contributed by atoms with Crippen LogP contribution in [0.3, 0.4) is 0 Å². The molecule has 0 aliphatic heterocycles. The molecule has 1 heterocycles. The van der Waals surface area contributed by atoms with E-state index in [1.165, 1.54) is 12.3 Å². The monoisotopic (exact) mass is 248 g/mol. The van der Waals surface area contributed by atoms with Crippen LogP contribution < -0.4 is 14.8 Å². The molecule has 0 aliphatic carbocycles. The van der Waals surface area contributed by atoms with Crippen LogP contribution in [-0.2, 0) is 0 Å². The molecule has 0 spiro atoms. The molecule has 0 radical (unpaired) electrons. The van der Waals surface area contributed by atoms with Crippen molar-refractivity contribution in [3.63, 3.8) is 0 Å². The predicted octanol–water partition coefficient (Wildman–Crippen LogP) is 2.98. The molecule has 0 aliphatic rings. The topological polar surface area (TPSA) is 43.4 Å². The lowest BCUT2D eigenvalue weighted by Gasteiger charge is -2.10. The summed E-state index contributed by atoms with van der Waals surface area (Å²) in [6.07, 6.45) is 1.40. The maximum atomic E-state index is 13.0. The van der Waals surface area contributed by atoms with Crippen LogP contribution in [0, 0.1) is 5.95 Å². The number of hydrogen-bond donors (Lipinski definition) is 1. The van der Waals surface area contributed by atoms with Crippen LogP contribution in [0.5, 0.6) is 11.5 Å². The number of benzene rings is 1. The van der Waals surface area contributed by atoms with Gasteiger partial charge in [-0.2, -0.15) is 4.39 Å². The van der Waals surface area contributed by atoms with Gasteiger partial charge in [-0.25, -0.2) is 4.98 Å². The van der Waals surface area contributed by atoms with E-state index in [0.717, 1.165) is 5.69 Å². The van der Waals surface area contributed by atoms with Crippen molar-refractivity contribution in [1.29, 1.82) is 0 Å². The van der Waals surface area contributed by atoms with Gasteiger partial charge in [0.25, 0.3) is 0 Å². The second kappa shape index (κ2) is 5.35. The van der Waals surface area contributed by atoms with E-state index in [4.69, 9.17) is 9.47 Å². The smallest absolute Gasteiger partial charge is 0.214 e. The summed E-state index contributed by atoms with van der Waals surface area (Å²) in [5.74, 6) is 0.785. The van der Waals surface area contributed by atoms with Gasteiger partial charge >= 0.3 is 0 Å². The lowest BCUT2D eigenvalue weighted by atomic mass is 10.2. The van der Waals surface area contributed by atoms with Crippen LogP contribution in [0.15, 0.2) is 36.5 Å². The number of halogens is 1. The van der Waals surface area contributed by atoms with Crippen molar-refractivity contribution in [2.24, 2.45) is 0 Å². The Bertz CT molecular complexity index is 524. The molecule has 1 aromatic carbocycles. The van der Waals surface area contributed by atoms with E-state index in [0.29, 0.717) is 17.2 Å². The van der Waals surface area contributed by atoms with Crippen molar-refractivity contribution < 1.29 is 13.9 Å². The summed E-state index contributed by atoms with van der Waals surface area (Å²) in [6.45, 7) is 0. The van der Waals surface area contributed by atoms with Crippen LogP contribution in [-0.4, -0.2) is 19.2 Å². The number of aromatic nitrogens is 1. The Balaban J connectivity index is 2.28. The van der Waals surface area contributed by atoms with E-state index < -0.39 is 5.95 Å². The fraction of sp³-hybridized carbons (Fsp3) is 0.154. The van der Waals surface area contributed by atoms with E-state index in [-0.39, 0.29) is 0 Å². The zero-order valence-corrected chi connectivity index (χ0v) is 10.1. The highest BCUT2D eigenvalue weighted by atomic mass is 19.1. The fourth-order valence-corrected chi connectivity index (χ4v) is 1.53. The van der Waals surface area contributed by atoms with Gasteiger partial charge in [-0.3, -0.25) is 0 Å². The Kier molecular flexibility index (Phi) is 3.62. The zero-order valence-electron chi connectivity index (χ0n) is 10.1. The molecule has 0 atom stereocenters. The van der Waals surface area contributed by atoms with E-state index in [1.54, 1.807) is 38.5 Å².